The third-order valence-corrected chi connectivity index (χ3v) is 9.27. The number of pyridine rings is 2. The third kappa shape index (κ3) is 9.17. The minimum absolute atomic E-state index is 0.994. The lowest BCUT2D eigenvalue weighted by Gasteiger charge is -2.12. The largest absolute Gasteiger partial charge is 0.378 e. The minimum Gasteiger partial charge on any atom is -0.378 e. The van der Waals surface area contributed by atoms with E-state index in [0.717, 1.165) is 37.4 Å². The highest BCUT2D eigenvalue weighted by molar-refractivity contribution is 8.76. The van der Waals surface area contributed by atoms with E-state index in [0.29, 0.717) is 0 Å². The summed E-state index contributed by atoms with van der Waals surface area (Å²) in [5, 5.41) is 0. The van der Waals surface area contributed by atoms with Gasteiger partial charge in [0, 0.05) is 76.3 Å². The summed E-state index contributed by atoms with van der Waals surface area (Å²) < 4.78 is 4.76. The Hall–Kier alpha value is -3.22. The molecule has 0 spiro atoms. The van der Waals surface area contributed by atoms with Crippen LogP contribution < -0.4 is 18.9 Å². The summed E-state index contributed by atoms with van der Waals surface area (Å²) in [4.78, 5) is 4.27. The molecule has 6 heteroatoms. The monoisotopic (exact) mass is 570 g/mol. The van der Waals surface area contributed by atoms with Gasteiger partial charge >= 0.3 is 0 Å². The van der Waals surface area contributed by atoms with Crippen molar-refractivity contribution in [3.8, 4) is 0 Å². The molecule has 2 aromatic heterocycles. The summed E-state index contributed by atoms with van der Waals surface area (Å²) in [5.41, 5.74) is 7.70. The molecule has 4 aromatic rings. The molecular weight excluding hydrogens is 529 g/mol. The Bertz CT molecular complexity index is 1350. The summed E-state index contributed by atoms with van der Waals surface area (Å²) >= 11 is 0. The normalized spacial score (nSPS) is 11.2. The van der Waals surface area contributed by atoms with Gasteiger partial charge in [-0.1, -0.05) is 51.9 Å². The Morgan fingerprint density at radius 3 is 1.82 bits per heavy atom. The van der Waals surface area contributed by atoms with Crippen molar-refractivity contribution >= 4 is 45.1 Å². The zero-order valence-electron chi connectivity index (χ0n) is 24.2. The number of hydrogen-bond donors (Lipinski definition) is 0. The van der Waals surface area contributed by atoms with E-state index >= 15 is 0 Å². The highest BCUT2D eigenvalue weighted by Gasteiger charge is 2.11. The molecule has 0 saturated heterocycles. The Labute approximate surface area is 248 Å². The van der Waals surface area contributed by atoms with Crippen molar-refractivity contribution in [2.24, 2.45) is 0 Å². The molecule has 0 radical (unpaired) electrons. The highest BCUT2D eigenvalue weighted by atomic mass is 33.1. The van der Waals surface area contributed by atoms with Crippen molar-refractivity contribution in [3.63, 3.8) is 0 Å². The molecule has 0 bridgehead atoms. The lowest BCUT2D eigenvalue weighted by molar-refractivity contribution is -0.699. The minimum atomic E-state index is 0.994. The van der Waals surface area contributed by atoms with E-state index in [1.165, 1.54) is 33.9 Å². The zero-order chi connectivity index (χ0) is 28.2. The molecule has 0 amide bonds. The van der Waals surface area contributed by atoms with Crippen LogP contribution in [0.2, 0.25) is 0 Å². The smallest absolute Gasteiger partial charge is 0.205 e. The van der Waals surface area contributed by atoms with E-state index in [-0.39, 0.29) is 0 Å². The average molecular weight is 571 g/mol. The van der Waals surface area contributed by atoms with Gasteiger partial charge in [0.2, 0.25) is 5.69 Å². The van der Waals surface area contributed by atoms with Gasteiger partial charge in [-0.05, 0) is 54.0 Å². The van der Waals surface area contributed by atoms with Gasteiger partial charge in [0.15, 0.2) is 31.2 Å². The maximum absolute atomic E-state index is 2.42. The van der Waals surface area contributed by atoms with Crippen LogP contribution in [0.3, 0.4) is 0 Å². The van der Waals surface area contributed by atoms with Gasteiger partial charge < -0.3 is 9.80 Å². The number of rotatable bonds is 14. The van der Waals surface area contributed by atoms with Gasteiger partial charge in [0.25, 0.3) is 0 Å². The highest BCUT2D eigenvalue weighted by Crippen LogP contribution is 2.21. The van der Waals surface area contributed by atoms with Crippen LogP contribution in [0.25, 0.3) is 12.2 Å². The van der Waals surface area contributed by atoms with E-state index in [2.05, 4.69) is 157 Å². The molecule has 2 heterocycles. The second kappa shape index (κ2) is 15.5. The number of anilines is 2. The molecule has 0 fully saturated rings. The molecule has 4 rings (SSSR count). The Morgan fingerprint density at radius 1 is 0.600 bits per heavy atom. The standard InChI is InChI=1S/C34H42N4S2/c1-35(2)31-17-11-29(12-18-31)15-21-33-9-5-7-23-37(33)25-27-39-40-28-26-38-24-8-6-10-34(38)22-16-30-13-19-32(20-14-30)36(3)4/h5-15,17-21,23-24H,16,22,25-28H2,1-4H3/q+2. The molecule has 208 valence electrons. The molecule has 0 aliphatic heterocycles. The van der Waals surface area contributed by atoms with Crippen LogP contribution in [0.1, 0.15) is 22.5 Å². The molecular formula is C34H42N4S2+2. The summed E-state index contributed by atoms with van der Waals surface area (Å²) in [5.74, 6) is 2.17. The van der Waals surface area contributed by atoms with E-state index in [1.807, 2.05) is 21.6 Å². The lowest BCUT2D eigenvalue weighted by Crippen LogP contribution is -2.39. The quantitative estimate of drug-likeness (QED) is 0.0985. The maximum Gasteiger partial charge on any atom is 0.205 e. The predicted octanol–water partition coefficient (Wildman–Crippen LogP) is 6.43. The number of nitrogens with zero attached hydrogens (tertiary/aromatic N) is 4. The molecule has 0 N–H and O–H groups in total. The summed E-state index contributed by atoms with van der Waals surface area (Å²) in [6.45, 7) is 2.03. The van der Waals surface area contributed by atoms with Crippen molar-refractivity contribution < 1.29 is 9.13 Å². The number of benzene rings is 2. The Morgan fingerprint density at radius 2 is 1.18 bits per heavy atom. The van der Waals surface area contributed by atoms with Crippen molar-refractivity contribution in [3.05, 3.63) is 120 Å². The summed E-state index contributed by atoms with van der Waals surface area (Å²) in [6.07, 6.45) is 10.9. The van der Waals surface area contributed by atoms with Crippen molar-refractivity contribution in [2.45, 2.75) is 25.9 Å². The topological polar surface area (TPSA) is 14.2 Å². The fraction of sp³-hybridized carbons (Fsp3) is 0.294. The SMILES string of the molecule is CN(C)c1ccc(/C=C/c2cccc[n+]2CCSSCC[n+]2ccccc2CCc2ccc(N(C)C)cc2)cc1. The summed E-state index contributed by atoms with van der Waals surface area (Å²) in [6, 6.07) is 30.6. The fourth-order valence-electron chi connectivity index (χ4n) is 4.49. The van der Waals surface area contributed by atoms with Crippen LogP contribution in [0.15, 0.2) is 97.3 Å². The second-order valence-electron chi connectivity index (χ2n) is 10.2. The molecule has 0 aliphatic carbocycles. The lowest BCUT2D eigenvalue weighted by atomic mass is 10.1. The molecule has 0 unspecified atom stereocenters. The first-order valence-corrected chi connectivity index (χ1v) is 16.4. The molecule has 4 nitrogen and oxygen atoms in total. The van der Waals surface area contributed by atoms with Gasteiger partial charge in [0.05, 0.1) is 11.5 Å². The van der Waals surface area contributed by atoms with Crippen LogP contribution in [-0.4, -0.2) is 39.7 Å². The average Bonchev–Trinajstić information content (AvgIpc) is 2.98. The zero-order valence-corrected chi connectivity index (χ0v) is 25.9. The molecule has 40 heavy (non-hydrogen) atoms. The number of hydrogen-bond acceptors (Lipinski definition) is 4. The Balaban J connectivity index is 1.21. The van der Waals surface area contributed by atoms with Crippen LogP contribution in [0.4, 0.5) is 11.4 Å². The van der Waals surface area contributed by atoms with Gasteiger partial charge in [-0.2, -0.15) is 4.57 Å². The number of aromatic nitrogens is 2. The van der Waals surface area contributed by atoms with Crippen LogP contribution in [0.5, 0.6) is 0 Å². The first-order valence-electron chi connectivity index (χ1n) is 13.9. The Kier molecular flexibility index (Phi) is 11.6. The molecule has 0 aliphatic rings. The van der Waals surface area contributed by atoms with Crippen LogP contribution in [-0.2, 0) is 25.9 Å². The summed E-state index contributed by atoms with van der Waals surface area (Å²) in [7, 11) is 12.2. The fourth-order valence-corrected chi connectivity index (χ4v) is 6.42. The number of aryl methyl sites for hydroxylation is 4. The van der Waals surface area contributed by atoms with Crippen molar-refractivity contribution in [1.82, 2.24) is 0 Å². The van der Waals surface area contributed by atoms with Crippen LogP contribution >= 0.6 is 21.6 Å². The first kappa shape index (κ1) is 29.8. The first-order chi connectivity index (χ1) is 19.5. The van der Waals surface area contributed by atoms with Gasteiger partial charge in [0.1, 0.15) is 0 Å². The molecule has 2 aromatic carbocycles. The van der Waals surface area contributed by atoms with E-state index in [9.17, 15) is 0 Å². The van der Waals surface area contributed by atoms with E-state index in [1.54, 1.807) is 0 Å². The molecule has 0 atom stereocenters. The van der Waals surface area contributed by atoms with Crippen molar-refractivity contribution in [1.29, 1.82) is 0 Å². The van der Waals surface area contributed by atoms with Gasteiger partial charge in [-0.15, -0.1) is 0 Å². The van der Waals surface area contributed by atoms with Crippen molar-refractivity contribution in [2.75, 3.05) is 49.5 Å². The predicted molar refractivity (Wildman–Crippen MR) is 176 cm³/mol. The molecule has 0 saturated carbocycles. The maximum atomic E-state index is 2.42. The van der Waals surface area contributed by atoms with E-state index in [4.69, 9.17) is 0 Å². The second-order valence-corrected chi connectivity index (χ2v) is 12.9. The third-order valence-electron chi connectivity index (χ3n) is 6.90. The van der Waals surface area contributed by atoms with Gasteiger partial charge in [-0.25, -0.2) is 4.57 Å². The van der Waals surface area contributed by atoms with E-state index < -0.39 is 0 Å². The van der Waals surface area contributed by atoms with Gasteiger partial charge in [-0.3, -0.25) is 0 Å². The van der Waals surface area contributed by atoms with Crippen LogP contribution in [0, 0.1) is 0 Å².